The van der Waals surface area contributed by atoms with Crippen LogP contribution in [0.1, 0.15) is 59.8 Å². The van der Waals surface area contributed by atoms with Gasteiger partial charge in [0.2, 0.25) is 0 Å². The lowest BCUT2D eigenvalue weighted by Crippen LogP contribution is -2.45. The maximum Gasteiger partial charge on any atom is 0.00900 e. The second-order valence-electron chi connectivity index (χ2n) is 5.59. The Morgan fingerprint density at radius 1 is 1.12 bits per heavy atom. The van der Waals surface area contributed by atoms with Crippen LogP contribution < -0.4 is 5.32 Å². The van der Waals surface area contributed by atoms with E-state index < -0.39 is 0 Å². The zero-order valence-electron chi connectivity index (χ0n) is 12.3. The topological polar surface area (TPSA) is 15.3 Å². The van der Waals surface area contributed by atoms with E-state index in [2.05, 4.69) is 37.9 Å². The fourth-order valence-electron chi connectivity index (χ4n) is 3.13. The van der Waals surface area contributed by atoms with Gasteiger partial charge in [0.05, 0.1) is 0 Å². The SMILES string of the molecule is CCCNC(C)C1CCN(C(CC)CC)CC1. The molecule has 1 fully saturated rings. The number of likely N-dealkylation sites (tertiary alicyclic amines) is 1. The Bertz CT molecular complexity index is 181. The first-order chi connectivity index (χ1) is 8.22. The molecule has 1 heterocycles. The van der Waals surface area contributed by atoms with Gasteiger partial charge in [-0.25, -0.2) is 0 Å². The predicted octanol–water partition coefficient (Wildman–Crippen LogP) is 3.28. The zero-order valence-corrected chi connectivity index (χ0v) is 12.3. The van der Waals surface area contributed by atoms with E-state index in [1.807, 2.05) is 0 Å². The van der Waals surface area contributed by atoms with Crippen molar-refractivity contribution < 1.29 is 0 Å². The number of hydrogen-bond acceptors (Lipinski definition) is 2. The molecule has 1 aliphatic rings. The van der Waals surface area contributed by atoms with Crippen LogP contribution in [0.3, 0.4) is 0 Å². The monoisotopic (exact) mass is 240 g/mol. The summed E-state index contributed by atoms with van der Waals surface area (Å²) in [5, 5.41) is 3.66. The van der Waals surface area contributed by atoms with Crippen LogP contribution in [-0.4, -0.2) is 36.6 Å². The van der Waals surface area contributed by atoms with E-state index in [-0.39, 0.29) is 0 Å². The third-order valence-electron chi connectivity index (χ3n) is 4.46. The first kappa shape index (κ1) is 15.0. The van der Waals surface area contributed by atoms with Gasteiger partial charge in [0, 0.05) is 12.1 Å². The Morgan fingerprint density at radius 3 is 2.18 bits per heavy atom. The number of nitrogens with one attached hydrogen (secondary N) is 1. The second-order valence-corrected chi connectivity index (χ2v) is 5.59. The van der Waals surface area contributed by atoms with Crippen molar-refractivity contribution in [2.75, 3.05) is 19.6 Å². The van der Waals surface area contributed by atoms with Crippen molar-refractivity contribution in [1.82, 2.24) is 10.2 Å². The van der Waals surface area contributed by atoms with Gasteiger partial charge in [-0.15, -0.1) is 0 Å². The number of rotatable bonds is 7. The molecule has 0 radical (unpaired) electrons. The van der Waals surface area contributed by atoms with Crippen molar-refractivity contribution in [1.29, 1.82) is 0 Å². The van der Waals surface area contributed by atoms with Crippen molar-refractivity contribution in [3.63, 3.8) is 0 Å². The highest BCUT2D eigenvalue weighted by Crippen LogP contribution is 2.23. The highest BCUT2D eigenvalue weighted by molar-refractivity contribution is 4.82. The van der Waals surface area contributed by atoms with E-state index in [9.17, 15) is 0 Å². The van der Waals surface area contributed by atoms with E-state index >= 15 is 0 Å². The summed E-state index contributed by atoms with van der Waals surface area (Å²) in [7, 11) is 0. The minimum absolute atomic E-state index is 0.707. The lowest BCUT2D eigenvalue weighted by atomic mass is 9.89. The third kappa shape index (κ3) is 4.59. The highest BCUT2D eigenvalue weighted by atomic mass is 15.2. The van der Waals surface area contributed by atoms with Gasteiger partial charge < -0.3 is 10.2 Å². The first-order valence-corrected chi connectivity index (χ1v) is 7.70. The van der Waals surface area contributed by atoms with Gasteiger partial charge in [-0.2, -0.15) is 0 Å². The normalized spacial score (nSPS) is 21.0. The number of nitrogens with zero attached hydrogens (tertiary/aromatic N) is 1. The summed E-state index contributed by atoms with van der Waals surface area (Å²) >= 11 is 0. The van der Waals surface area contributed by atoms with Crippen molar-refractivity contribution in [3.8, 4) is 0 Å². The molecule has 0 bridgehead atoms. The maximum atomic E-state index is 3.66. The summed E-state index contributed by atoms with van der Waals surface area (Å²) < 4.78 is 0. The van der Waals surface area contributed by atoms with E-state index in [4.69, 9.17) is 0 Å². The summed E-state index contributed by atoms with van der Waals surface area (Å²) in [5.41, 5.74) is 0. The molecule has 0 saturated carbocycles. The maximum absolute atomic E-state index is 3.66. The molecule has 1 aliphatic heterocycles. The molecule has 0 amide bonds. The third-order valence-corrected chi connectivity index (χ3v) is 4.46. The summed E-state index contributed by atoms with van der Waals surface area (Å²) in [4.78, 5) is 2.71. The molecule has 0 aliphatic carbocycles. The molecule has 1 atom stereocenters. The lowest BCUT2D eigenvalue weighted by molar-refractivity contribution is 0.113. The Morgan fingerprint density at radius 2 is 1.71 bits per heavy atom. The number of piperidine rings is 1. The average Bonchev–Trinajstić information content (AvgIpc) is 2.38. The van der Waals surface area contributed by atoms with Gasteiger partial charge in [0.1, 0.15) is 0 Å². The van der Waals surface area contributed by atoms with Crippen LogP contribution in [0.5, 0.6) is 0 Å². The van der Waals surface area contributed by atoms with E-state index in [0.29, 0.717) is 6.04 Å². The van der Waals surface area contributed by atoms with Gasteiger partial charge in [0.25, 0.3) is 0 Å². The average molecular weight is 240 g/mol. The molecular formula is C15H32N2. The summed E-state index contributed by atoms with van der Waals surface area (Å²) in [6.45, 7) is 13.1. The van der Waals surface area contributed by atoms with Gasteiger partial charge in [-0.1, -0.05) is 20.8 Å². The van der Waals surface area contributed by atoms with Gasteiger partial charge in [-0.3, -0.25) is 0 Å². The summed E-state index contributed by atoms with van der Waals surface area (Å²) in [5.74, 6) is 0.896. The summed E-state index contributed by atoms with van der Waals surface area (Å²) in [6, 6.07) is 1.54. The van der Waals surface area contributed by atoms with E-state index in [1.54, 1.807) is 0 Å². The van der Waals surface area contributed by atoms with Crippen LogP contribution in [0.4, 0.5) is 0 Å². The minimum atomic E-state index is 0.707. The second kappa shape index (κ2) is 8.10. The standard InChI is InChI=1S/C15H32N2/c1-5-10-16-13(4)14-8-11-17(12-9-14)15(6-2)7-3/h13-16H,5-12H2,1-4H3. The zero-order chi connectivity index (χ0) is 12.7. The minimum Gasteiger partial charge on any atom is -0.314 e. The van der Waals surface area contributed by atoms with Crippen molar-refractivity contribution in [2.24, 2.45) is 5.92 Å². The van der Waals surface area contributed by atoms with Crippen LogP contribution in [0.25, 0.3) is 0 Å². The molecular weight excluding hydrogens is 208 g/mol. The Kier molecular flexibility index (Phi) is 7.14. The molecule has 0 spiro atoms. The van der Waals surface area contributed by atoms with Gasteiger partial charge in [-0.05, 0) is 64.6 Å². The van der Waals surface area contributed by atoms with Crippen LogP contribution in [0.15, 0.2) is 0 Å². The van der Waals surface area contributed by atoms with Crippen molar-refractivity contribution >= 4 is 0 Å². The predicted molar refractivity (Wildman–Crippen MR) is 76.4 cm³/mol. The Hall–Kier alpha value is -0.0800. The van der Waals surface area contributed by atoms with Crippen molar-refractivity contribution in [3.05, 3.63) is 0 Å². The molecule has 2 nitrogen and oxygen atoms in total. The largest absolute Gasteiger partial charge is 0.314 e. The fourth-order valence-corrected chi connectivity index (χ4v) is 3.13. The molecule has 1 N–H and O–H groups in total. The molecule has 2 heteroatoms. The van der Waals surface area contributed by atoms with Gasteiger partial charge in [0.15, 0.2) is 0 Å². The molecule has 0 aromatic heterocycles. The molecule has 1 unspecified atom stereocenters. The molecule has 17 heavy (non-hydrogen) atoms. The molecule has 102 valence electrons. The smallest absolute Gasteiger partial charge is 0.00900 e. The van der Waals surface area contributed by atoms with Gasteiger partial charge >= 0.3 is 0 Å². The van der Waals surface area contributed by atoms with Crippen molar-refractivity contribution in [2.45, 2.75) is 71.9 Å². The Balaban J connectivity index is 2.29. The molecule has 0 aromatic rings. The molecule has 0 aromatic carbocycles. The van der Waals surface area contributed by atoms with Crippen LogP contribution in [-0.2, 0) is 0 Å². The quantitative estimate of drug-likeness (QED) is 0.735. The van der Waals surface area contributed by atoms with Crippen LogP contribution >= 0.6 is 0 Å². The Labute approximate surface area is 108 Å². The van der Waals surface area contributed by atoms with E-state index in [1.165, 1.54) is 51.7 Å². The summed E-state index contributed by atoms with van der Waals surface area (Å²) in [6.07, 6.45) is 6.63. The molecule has 1 saturated heterocycles. The van der Waals surface area contributed by atoms with Crippen LogP contribution in [0.2, 0.25) is 0 Å². The molecule has 1 rings (SSSR count). The number of hydrogen-bond donors (Lipinski definition) is 1. The fraction of sp³-hybridized carbons (Fsp3) is 1.00. The highest BCUT2D eigenvalue weighted by Gasteiger charge is 2.25. The van der Waals surface area contributed by atoms with E-state index in [0.717, 1.165) is 12.0 Å². The lowest BCUT2D eigenvalue weighted by Gasteiger charge is -2.39. The first-order valence-electron chi connectivity index (χ1n) is 7.70. The van der Waals surface area contributed by atoms with Crippen LogP contribution in [0, 0.1) is 5.92 Å².